The summed E-state index contributed by atoms with van der Waals surface area (Å²) in [6.45, 7) is 2.81. The molecule has 1 aliphatic carbocycles. The lowest BCUT2D eigenvalue weighted by molar-refractivity contribution is -0.264. The molecule has 5 nitrogen and oxygen atoms in total. The lowest BCUT2D eigenvalue weighted by atomic mass is 9.78. The summed E-state index contributed by atoms with van der Waals surface area (Å²) in [5.74, 6) is -0.563. The summed E-state index contributed by atoms with van der Waals surface area (Å²) in [6.07, 6.45) is 5.58. The molecule has 0 spiro atoms. The van der Waals surface area contributed by atoms with Crippen LogP contribution in [0.2, 0.25) is 0 Å². The number of likely N-dealkylation sites (tertiary alicyclic amines) is 1. The Morgan fingerprint density at radius 3 is 2.46 bits per heavy atom. The van der Waals surface area contributed by atoms with Crippen molar-refractivity contribution in [1.29, 1.82) is 0 Å². The molecular formula is C20H29BrN2O3. The van der Waals surface area contributed by atoms with Crippen LogP contribution in [0.3, 0.4) is 0 Å². The van der Waals surface area contributed by atoms with Crippen LogP contribution < -0.4 is 5.32 Å². The molecule has 1 saturated carbocycles. The SMILES string of the molecule is COC1(OC)CCCC(N2CCCC2)C1CNC(=O)c1ccc(Br)cc1. The summed E-state index contributed by atoms with van der Waals surface area (Å²) >= 11 is 3.40. The molecule has 1 amide bonds. The minimum Gasteiger partial charge on any atom is -0.353 e. The van der Waals surface area contributed by atoms with Crippen LogP contribution in [0, 0.1) is 5.92 Å². The third-order valence-electron chi connectivity index (χ3n) is 5.94. The van der Waals surface area contributed by atoms with Crippen molar-refractivity contribution < 1.29 is 14.3 Å². The van der Waals surface area contributed by atoms with Gasteiger partial charge in [0, 0.05) is 49.2 Å². The Morgan fingerprint density at radius 2 is 1.85 bits per heavy atom. The molecule has 1 aliphatic heterocycles. The Morgan fingerprint density at radius 1 is 1.19 bits per heavy atom. The van der Waals surface area contributed by atoms with Crippen molar-refractivity contribution in [3.8, 4) is 0 Å². The fraction of sp³-hybridized carbons (Fsp3) is 0.650. The van der Waals surface area contributed by atoms with Gasteiger partial charge >= 0.3 is 0 Å². The predicted octanol–water partition coefficient (Wildman–Crippen LogP) is 3.43. The second-order valence-electron chi connectivity index (χ2n) is 7.25. The number of halogens is 1. The van der Waals surface area contributed by atoms with E-state index >= 15 is 0 Å². The topological polar surface area (TPSA) is 50.8 Å². The monoisotopic (exact) mass is 424 g/mol. The number of hydrogen-bond donors (Lipinski definition) is 1. The third kappa shape index (κ3) is 4.14. The Hall–Kier alpha value is -0.950. The van der Waals surface area contributed by atoms with Gasteiger partial charge in [-0.15, -0.1) is 0 Å². The van der Waals surface area contributed by atoms with Gasteiger partial charge in [0.2, 0.25) is 0 Å². The molecular weight excluding hydrogens is 396 g/mol. The second kappa shape index (κ2) is 8.83. The lowest BCUT2D eigenvalue weighted by Gasteiger charge is -2.48. The predicted molar refractivity (Wildman–Crippen MR) is 105 cm³/mol. The van der Waals surface area contributed by atoms with E-state index in [9.17, 15) is 4.79 Å². The number of hydrogen-bond acceptors (Lipinski definition) is 4. The summed E-state index contributed by atoms with van der Waals surface area (Å²) in [5, 5.41) is 3.12. The van der Waals surface area contributed by atoms with Gasteiger partial charge in [0.05, 0.1) is 0 Å². The maximum Gasteiger partial charge on any atom is 0.251 e. The van der Waals surface area contributed by atoms with Crippen molar-refractivity contribution in [2.45, 2.75) is 43.9 Å². The Labute approximate surface area is 164 Å². The van der Waals surface area contributed by atoms with Crippen LogP contribution in [0.15, 0.2) is 28.7 Å². The summed E-state index contributed by atoms with van der Waals surface area (Å²) < 4.78 is 12.7. The van der Waals surface area contributed by atoms with E-state index in [0.717, 1.165) is 36.8 Å². The number of carbonyl (C=O) groups is 1. The molecule has 2 unspecified atom stereocenters. The molecule has 6 heteroatoms. The van der Waals surface area contributed by atoms with E-state index in [2.05, 4.69) is 26.1 Å². The van der Waals surface area contributed by atoms with Crippen molar-refractivity contribution in [1.82, 2.24) is 10.2 Å². The molecule has 3 rings (SSSR count). The molecule has 2 atom stereocenters. The van der Waals surface area contributed by atoms with Gasteiger partial charge in [-0.2, -0.15) is 0 Å². The number of amides is 1. The summed E-state index contributed by atoms with van der Waals surface area (Å²) in [5.41, 5.74) is 0.669. The van der Waals surface area contributed by atoms with Crippen LogP contribution in [-0.4, -0.2) is 56.5 Å². The number of carbonyl (C=O) groups excluding carboxylic acids is 1. The highest BCUT2D eigenvalue weighted by Gasteiger charge is 2.48. The third-order valence-corrected chi connectivity index (χ3v) is 6.47. The Bertz CT molecular complexity index is 598. The average Bonchev–Trinajstić information content (AvgIpc) is 3.21. The van der Waals surface area contributed by atoms with E-state index in [1.165, 1.54) is 12.8 Å². The summed E-state index contributed by atoms with van der Waals surface area (Å²) in [6, 6.07) is 7.82. The first-order valence-electron chi connectivity index (χ1n) is 9.48. The zero-order valence-electron chi connectivity index (χ0n) is 15.7. The summed E-state index contributed by atoms with van der Waals surface area (Å²) in [7, 11) is 3.44. The highest BCUT2D eigenvalue weighted by Crippen LogP contribution is 2.40. The van der Waals surface area contributed by atoms with E-state index in [0.29, 0.717) is 18.2 Å². The van der Waals surface area contributed by atoms with Crippen LogP contribution in [0.4, 0.5) is 0 Å². The zero-order chi connectivity index (χ0) is 18.6. The molecule has 0 bridgehead atoms. The summed E-state index contributed by atoms with van der Waals surface area (Å²) in [4.78, 5) is 15.2. The average molecular weight is 425 g/mol. The second-order valence-corrected chi connectivity index (χ2v) is 8.16. The van der Waals surface area contributed by atoms with Gasteiger partial charge in [-0.05, 0) is 63.0 Å². The van der Waals surface area contributed by atoms with E-state index in [1.54, 1.807) is 14.2 Å². The Kier molecular flexibility index (Phi) is 6.72. The van der Waals surface area contributed by atoms with Crippen molar-refractivity contribution in [3.63, 3.8) is 0 Å². The standard InChI is InChI=1S/C20H29BrN2O3/c1-25-20(26-2)11-5-6-18(23-12-3-4-13-23)17(20)14-22-19(24)15-7-9-16(21)10-8-15/h7-10,17-18H,3-6,11-14H2,1-2H3,(H,22,24). The smallest absolute Gasteiger partial charge is 0.251 e. The van der Waals surface area contributed by atoms with E-state index < -0.39 is 5.79 Å². The highest BCUT2D eigenvalue weighted by molar-refractivity contribution is 9.10. The van der Waals surface area contributed by atoms with Crippen molar-refractivity contribution in [2.75, 3.05) is 33.9 Å². The largest absolute Gasteiger partial charge is 0.353 e. The zero-order valence-corrected chi connectivity index (χ0v) is 17.3. The van der Waals surface area contributed by atoms with Gasteiger partial charge < -0.3 is 14.8 Å². The maximum atomic E-state index is 12.6. The molecule has 0 radical (unpaired) electrons. The van der Waals surface area contributed by atoms with Gasteiger partial charge in [0.1, 0.15) is 0 Å². The van der Waals surface area contributed by atoms with Crippen molar-refractivity contribution in [2.24, 2.45) is 5.92 Å². The van der Waals surface area contributed by atoms with Gasteiger partial charge in [-0.25, -0.2) is 0 Å². The first-order valence-corrected chi connectivity index (χ1v) is 10.3. The van der Waals surface area contributed by atoms with E-state index in [1.807, 2.05) is 24.3 Å². The molecule has 1 heterocycles. The first kappa shape index (κ1) is 19.8. The number of benzene rings is 1. The van der Waals surface area contributed by atoms with E-state index in [-0.39, 0.29) is 11.8 Å². The van der Waals surface area contributed by atoms with Crippen LogP contribution in [-0.2, 0) is 9.47 Å². The number of ether oxygens (including phenoxy) is 2. The molecule has 144 valence electrons. The van der Waals surface area contributed by atoms with Gasteiger partial charge in [0.25, 0.3) is 5.91 Å². The van der Waals surface area contributed by atoms with Gasteiger partial charge in [0.15, 0.2) is 5.79 Å². The van der Waals surface area contributed by atoms with Crippen molar-refractivity contribution >= 4 is 21.8 Å². The van der Waals surface area contributed by atoms with Crippen LogP contribution in [0.25, 0.3) is 0 Å². The lowest BCUT2D eigenvalue weighted by Crippen LogP contribution is -2.59. The molecule has 2 fully saturated rings. The number of nitrogens with one attached hydrogen (secondary N) is 1. The van der Waals surface area contributed by atoms with Gasteiger partial charge in [-0.1, -0.05) is 15.9 Å². The van der Waals surface area contributed by atoms with E-state index in [4.69, 9.17) is 9.47 Å². The highest BCUT2D eigenvalue weighted by atomic mass is 79.9. The molecule has 1 N–H and O–H groups in total. The quantitative estimate of drug-likeness (QED) is 0.710. The minimum atomic E-state index is -0.626. The van der Waals surface area contributed by atoms with Crippen molar-refractivity contribution in [3.05, 3.63) is 34.3 Å². The molecule has 26 heavy (non-hydrogen) atoms. The van der Waals surface area contributed by atoms with Crippen LogP contribution >= 0.6 is 15.9 Å². The minimum absolute atomic E-state index is 0.0515. The molecule has 1 aromatic carbocycles. The first-order chi connectivity index (χ1) is 12.6. The molecule has 1 saturated heterocycles. The van der Waals surface area contributed by atoms with Crippen LogP contribution in [0.5, 0.6) is 0 Å². The van der Waals surface area contributed by atoms with Gasteiger partial charge in [-0.3, -0.25) is 9.69 Å². The van der Waals surface area contributed by atoms with Crippen LogP contribution in [0.1, 0.15) is 42.5 Å². The Balaban J connectivity index is 1.74. The number of nitrogens with zero attached hydrogens (tertiary/aromatic N) is 1. The number of rotatable bonds is 6. The fourth-order valence-electron chi connectivity index (χ4n) is 4.54. The maximum absolute atomic E-state index is 12.6. The molecule has 0 aromatic heterocycles. The normalized spacial score (nSPS) is 26.0. The number of methoxy groups -OCH3 is 2. The fourth-order valence-corrected chi connectivity index (χ4v) is 4.80. The molecule has 2 aliphatic rings. The molecule has 1 aromatic rings.